The Bertz CT molecular complexity index is 1290. The normalized spacial score (nSPS) is 14.2. The van der Waals surface area contributed by atoms with E-state index in [1.54, 1.807) is 12.3 Å². The summed E-state index contributed by atoms with van der Waals surface area (Å²) in [5.74, 6) is 1.57. The number of phenolic OH excluding ortho intramolecular Hbond substituents is 1. The number of carbonyl (C=O) groups is 1. The lowest BCUT2D eigenvalue weighted by Crippen LogP contribution is -2.53. The monoisotopic (exact) mass is 509 g/mol. The molecule has 1 fully saturated rings. The predicted octanol–water partition coefficient (Wildman–Crippen LogP) is 4.12. The fraction of sp³-hybridized carbons (Fsp3) is 0.444. The van der Waals surface area contributed by atoms with Gasteiger partial charge in [-0.2, -0.15) is 4.98 Å². The second-order valence-electron chi connectivity index (χ2n) is 10.4. The second kappa shape index (κ2) is 10.3. The standard InChI is InChI=1S/C27H35N5O5/c1-16-10-28-26(29-19-8-21(33)23(36-7)22(9-19)35-6)30-24(16)32-11-17(2)18(13-32)12-31-14-20(15-31)37-25(34)27(3,4)5/h8-11,13,20,33H,12,14-15H2,1-7H3,(H,28,29,30). The third-order valence-electron chi connectivity index (χ3n) is 6.24. The minimum atomic E-state index is -0.489. The van der Waals surface area contributed by atoms with Gasteiger partial charge in [0.1, 0.15) is 11.9 Å². The Labute approximate surface area is 217 Å². The van der Waals surface area contributed by atoms with Gasteiger partial charge in [-0.05, 0) is 45.7 Å². The van der Waals surface area contributed by atoms with E-state index in [4.69, 9.17) is 19.2 Å². The highest BCUT2D eigenvalue weighted by molar-refractivity contribution is 5.75. The smallest absolute Gasteiger partial charge is 0.311 e. The highest BCUT2D eigenvalue weighted by Gasteiger charge is 2.33. The molecule has 0 amide bonds. The Morgan fingerprint density at radius 2 is 1.86 bits per heavy atom. The highest BCUT2D eigenvalue weighted by Crippen LogP contribution is 2.39. The summed E-state index contributed by atoms with van der Waals surface area (Å²) in [6.45, 7) is 11.9. The number of methoxy groups -OCH3 is 2. The van der Waals surface area contributed by atoms with Crippen LogP contribution in [-0.2, 0) is 16.1 Å². The number of hydrogen-bond acceptors (Lipinski definition) is 9. The Hall–Kier alpha value is -3.79. The molecule has 3 heterocycles. The molecule has 1 saturated heterocycles. The molecule has 10 nitrogen and oxygen atoms in total. The van der Waals surface area contributed by atoms with Gasteiger partial charge in [0.05, 0.1) is 19.6 Å². The average molecular weight is 510 g/mol. The number of phenols is 1. The molecule has 0 atom stereocenters. The van der Waals surface area contributed by atoms with Gasteiger partial charge in [-0.25, -0.2) is 4.98 Å². The van der Waals surface area contributed by atoms with Crippen molar-refractivity contribution in [3.8, 4) is 23.1 Å². The molecule has 1 aliphatic heterocycles. The molecular formula is C27H35N5O5. The SMILES string of the molecule is COc1cc(Nc2ncc(C)c(-n3cc(C)c(CN4CC(OC(=O)C(C)(C)C)C4)c3)n2)cc(O)c1OC. The molecule has 10 heteroatoms. The predicted molar refractivity (Wildman–Crippen MR) is 140 cm³/mol. The van der Waals surface area contributed by atoms with Crippen molar-refractivity contribution in [1.29, 1.82) is 0 Å². The summed E-state index contributed by atoms with van der Waals surface area (Å²) in [6.07, 6.45) is 5.82. The van der Waals surface area contributed by atoms with Crippen LogP contribution in [0.1, 0.15) is 37.5 Å². The van der Waals surface area contributed by atoms with Gasteiger partial charge in [-0.1, -0.05) is 0 Å². The van der Waals surface area contributed by atoms with Crippen LogP contribution in [0.4, 0.5) is 11.6 Å². The molecule has 37 heavy (non-hydrogen) atoms. The number of benzene rings is 1. The number of anilines is 2. The van der Waals surface area contributed by atoms with Crippen LogP contribution in [0.5, 0.6) is 17.2 Å². The van der Waals surface area contributed by atoms with Gasteiger partial charge < -0.3 is 29.2 Å². The van der Waals surface area contributed by atoms with Crippen LogP contribution < -0.4 is 14.8 Å². The first-order chi connectivity index (χ1) is 17.5. The van der Waals surface area contributed by atoms with Crippen molar-refractivity contribution in [3.63, 3.8) is 0 Å². The van der Waals surface area contributed by atoms with Crippen LogP contribution in [0.15, 0.2) is 30.7 Å². The van der Waals surface area contributed by atoms with E-state index in [2.05, 4.69) is 28.3 Å². The second-order valence-corrected chi connectivity index (χ2v) is 10.4. The van der Waals surface area contributed by atoms with Gasteiger partial charge in [0.15, 0.2) is 11.5 Å². The number of carbonyl (C=O) groups excluding carboxylic acids is 1. The summed E-state index contributed by atoms with van der Waals surface area (Å²) in [5.41, 5.74) is 3.32. The third-order valence-corrected chi connectivity index (χ3v) is 6.24. The van der Waals surface area contributed by atoms with E-state index in [0.717, 1.165) is 36.6 Å². The van der Waals surface area contributed by atoms with E-state index in [1.165, 1.54) is 25.8 Å². The van der Waals surface area contributed by atoms with Crippen molar-refractivity contribution < 1.29 is 24.1 Å². The molecule has 4 rings (SSSR count). The lowest BCUT2D eigenvalue weighted by atomic mass is 9.97. The zero-order valence-electron chi connectivity index (χ0n) is 22.5. The van der Waals surface area contributed by atoms with Gasteiger partial charge >= 0.3 is 5.97 Å². The quantitative estimate of drug-likeness (QED) is 0.433. The molecule has 0 saturated carbocycles. The molecule has 3 aromatic rings. The number of aryl methyl sites for hydroxylation is 2. The summed E-state index contributed by atoms with van der Waals surface area (Å²) in [4.78, 5) is 23.5. The number of aromatic hydroxyl groups is 1. The largest absolute Gasteiger partial charge is 0.504 e. The number of ether oxygens (including phenoxy) is 3. The van der Waals surface area contributed by atoms with Crippen LogP contribution in [0.2, 0.25) is 0 Å². The van der Waals surface area contributed by atoms with Crippen molar-refractivity contribution in [3.05, 3.63) is 47.4 Å². The van der Waals surface area contributed by atoms with Crippen LogP contribution in [0, 0.1) is 19.3 Å². The van der Waals surface area contributed by atoms with Crippen LogP contribution in [0.3, 0.4) is 0 Å². The Morgan fingerprint density at radius 1 is 1.14 bits per heavy atom. The molecule has 1 aromatic carbocycles. The molecule has 0 unspecified atom stereocenters. The van der Waals surface area contributed by atoms with Crippen molar-refractivity contribution in [2.24, 2.45) is 5.41 Å². The fourth-order valence-corrected chi connectivity index (χ4v) is 4.08. The van der Waals surface area contributed by atoms with Gasteiger partial charge in [0.25, 0.3) is 0 Å². The van der Waals surface area contributed by atoms with Crippen molar-refractivity contribution >= 4 is 17.6 Å². The van der Waals surface area contributed by atoms with E-state index < -0.39 is 5.41 Å². The van der Waals surface area contributed by atoms with E-state index in [0.29, 0.717) is 17.4 Å². The first kappa shape index (κ1) is 26.3. The van der Waals surface area contributed by atoms with E-state index in [1.807, 2.05) is 38.5 Å². The maximum absolute atomic E-state index is 12.1. The molecule has 0 radical (unpaired) electrons. The number of rotatable bonds is 8. The van der Waals surface area contributed by atoms with Crippen LogP contribution in [-0.4, -0.2) is 63.9 Å². The van der Waals surface area contributed by atoms with Crippen molar-refractivity contribution in [2.75, 3.05) is 32.6 Å². The lowest BCUT2D eigenvalue weighted by Gasteiger charge is -2.39. The molecule has 198 valence electrons. The summed E-state index contributed by atoms with van der Waals surface area (Å²) < 4.78 is 18.1. The van der Waals surface area contributed by atoms with E-state index in [-0.39, 0.29) is 23.6 Å². The number of likely N-dealkylation sites (tertiary alicyclic amines) is 1. The van der Waals surface area contributed by atoms with Crippen molar-refractivity contribution in [2.45, 2.75) is 47.3 Å². The van der Waals surface area contributed by atoms with Crippen LogP contribution >= 0.6 is 0 Å². The lowest BCUT2D eigenvalue weighted by molar-refractivity contribution is -0.167. The van der Waals surface area contributed by atoms with Crippen molar-refractivity contribution in [1.82, 2.24) is 19.4 Å². The third kappa shape index (κ3) is 5.80. The number of aromatic nitrogens is 3. The van der Waals surface area contributed by atoms with Gasteiger partial charge in [-0.15, -0.1) is 0 Å². The molecule has 2 N–H and O–H groups in total. The molecule has 1 aliphatic rings. The summed E-state index contributed by atoms with van der Waals surface area (Å²) >= 11 is 0. The fourth-order valence-electron chi connectivity index (χ4n) is 4.08. The molecule has 0 spiro atoms. The molecule has 0 bridgehead atoms. The molecular weight excluding hydrogens is 474 g/mol. The number of nitrogens with one attached hydrogen (secondary N) is 1. The van der Waals surface area contributed by atoms with Gasteiger partial charge in [-0.3, -0.25) is 9.69 Å². The average Bonchev–Trinajstić information content (AvgIpc) is 3.17. The highest BCUT2D eigenvalue weighted by atomic mass is 16.5. The van der Waals surface area contributed by atoms with E-state index >= 15 is 0 Å². The number of esters is 1. The Balaban J connectivity index is 1.46. The zero-order valence-corrected chi connectivity index (χ0v) is 22.5. The van der Waals surface area contributed by atoms with E-state index in [9.17, 15) is 9.90 Å². The molecule has 2 aromatic heterocycles. The van der Waals surface area contributed by atoms with Gasteiger partial charge in [0, 0.05) is 61.6 Å². The zero-order chi connectivity index (χ0) is 26.9. The Morgan fingerprint density at radius 3 is 2.51 bits per heavy atom. The summed E-state index contributed by atoms with van der Waals surface area (Å²) in [7, 11) is 2.97. The minimum Gasteiger partial charge on any atom is -0.504 e. The summed E-state index contributed by atoms with van der Waals surface area (Å²) in [6, 6.07) is 3.24. The maximum Gasteiger partial charge on any atom is 0.311 e. The number of nitrogens with zero attached hydrogens (tertiary/aromatic N) is 4. The first-order valence-corrected chi connectivity index (χ1v) is 12.2. The molecule has 0 aliphatic carbocycles. The number of hydrogen-bond donors (Lipinski definition) is 2. The summed E-state index contributed by atoms with van der Waals surface area (Å²) in [5, 5.41) is 13.4. The first-order valence-electron chi connectivity index (χ1n) is 12.2. The van der Waals surface area contributed by atoms with Gasteiger partial charge in [0.2, 0.25) is 11.7 Å². The maximum atomic E-state index is 12.1. The minimum absolute atomic E-state index is 0.0521. The van der Waals surface area contributed by atoms with Crippen LogP contribution in [0.25, 0.3) is 5.82 Å². The topological polar surface area (TPSA) is 111 Å². The Kier molecular flexibility index (Phi) is 7.31.